The zero-order valence-corrected chi connectivity index (χ0v) is 32.2. The van der Waals surface area contributed by atoms with Crippen LogP contribution in [0.5, 0.6) is 5.75 Å². The number of nitrogens with zero attached hydrogens (tertiary/aromatic N) is 5. The number of carbonyl (C=O) groups is 1. The molecular weight excluding hydrogens is 741 g/mol. The fraction of sp³-hybridized carbons (Fsp3) is 0.250. The van der Waals surface area contributed by atoms with E-state index in [1.165, 1.54) is 24.1 Å². The monoisotopic (exact) mass is 782 g/mol. The van der Waals surface area contributed by atoms with E-state index in [-0.39, 0.29) is 6.61 Å². The summed E-state index contributed by atoms with van der Waals surface area (Å²) in [5, 5.41) is 5.81. The van der Waals surface area contributed by atoms with Gasteiger partial charge in [-0.3, -0.25) is 13.9 Å². The fourth-order valence-corrected chi connectivity index (χ4v) is 11.6. The molecule has 6 aromatic rings. The SMILES string of the molecule is CCOC(=O)C(C)NP(=O)(CO[C@H]1OC(n2cnc3c(N=P(c4ccccc4)(c4ccccc4)c4ccccc4)ncnc32)[C@@H](F)[C@@H]1C)Oc1ccccc1. The first-order chi connectivity index (χ1) is 26.7. The third kappa shape index (κ3) is 8.03. The first-order valence-electron chi connectivity index (χ1n) is 17.9. The number of aromatic nitrogens is 4. The summed E-state index contributed by atoms with van der Waals surface area (Å²) in [4.78, 5) is 26.2. The van der Waals surface area contributed by atoms with Crippen molar-refractivity contribution in [2.45, 2.75) is 45.5 Å². The van der Waals surface area contributed by atoms with Gasteiger partial charge in [0.15, 0.2) is 42.0 Å². The second-order valence-corrected chi connectivity index (χ2v) is 18.0. The lowest BCUT2D eigenvalue weighted by molar-refractivity contribution is -0.152. The highest BCUT2D eigenvalue weighted by atomic mass is 31.2. The summed E-state index contributed by atoms with van der Waals surface area (Å²) in [6.45, 7) is 4.98. The van der Waals surface area contributed by atoms with Crippen molar-refractivity contribution >= 4 is 53.4 Å². The second kappa shape index (κ2) is 16.8. The Balaban J connectivity index is 1.21. The van der Waals surface area contributed by atoms with Crippen molar-refractivity contribution in [1.29, 1.82) is 0 Å². The van der Waals surface area contributed by atoms with Gasteiger partial charge in [0.25, 0.3) is 0 Å². The summed E-state index contributed by atoms with van der Waals surface area (Å²) in [6.07, 6.45) is -1.57. The largest absolute Gasteiger partial charge is 0.465 e. The van der Waals surface area contributed by atoms with E-state index in [1.54, 1.807) is 44.2 Å². The Bertz CT molecular complexity index is 2220. The molecule has 12 nitrogen and oxygen atoms in total. The molecule has 284 valence electrons. The Morgan fingerprint density at radius 2 is 1.45 bits per heavy atom. The number of fused-ring (bicyclic) bond motifs is 1. The quantitative estimate of drug-likeness (QED) is 0.0888. The minimum Gasteiger partial charge on any atom is -0.465 e. The van der Waals surface area contributed by atoms with E-state index >= 15 is 4.39 Å². The van der Waals surface area contributed by atoms with Gasteiger partial charge in [-0.05, 0) is 26.0 Å². The van der Waals surface area contributed by atoms with Gasteiger partial charge in [-0.25, -0.2) is 29.2 Å². The molecule has 4 aromatic carbocycles. The zero-order chi connectivity index (χ0) is 38.4. The molecule has 7 rings (SSSR count). The van der Waals surface area contributed by atoms with Gasteiger partial charge >= 0.3 is 13.5 Å². The molecule has 1 aliphatic rings. The van der Waals surface area contributed by atoms with Gasteiger partial charge in [-0.2, -0.15) is 0 Å². The molecule has 0 aliphatic carbocycles. The summed E-state index contributed by atoms with van der Waals surface area (Å²) >= 11 is 0. The average molecular weight is 783 g/mol. The summed E-state index contributed by atoms with van der Waals surface area (Å²) in [5.41, 5.74) is 0.699. The highest BCUT2D eigenvalue weighted by Gasteiger charge is 2.46. The van der Waals surface area contributed by atoms with E-state index < -0.39 is 57.5 Å². The smallest absolute Gasteiger partial charge is 0.342 e. The Kier molecular flexibility index (Phi) is 11.7. The lowest BCUT2D eigenvalue weighted by atomic mass is 10.1. The van der Waals surface area contributed by atoms with Crippen LogP contribution in [0.3, 0.4) is 0 Å². The third-order valence-corrected chi connectivity index (χ3v) is 14.6. The molecule has 3 heterocycles. The van der Waals surface area contributed by atoms with E-state index in [4.69, 9.17) is 23.5 Å². The topological polar surface area (TPSA) is 139 Å². The predicted octanol–water partition coefficient (Wildman–Crippen LogP) is 7.25. The maximum absolute atomic E-state index is 16.2. The van der Waals surface area contributed by atoms with Crippen LogP contribution in [0.2, 0.25) is 0 Å². The van der Waals surface area contributed by atoms with E-state index in [2.05, 4.69) is 56.4 Å². The summed E-state index contributed by atoms with van der Waals surface area (Å²) < 4.78 is 60.5. The van der Waals surface area contributed by atoms with Crippen molar-refractivity contribution in [2.24, 2.45) is 10.7 Å². The van der Waals surface area contributed by atoms with Crippen molar-refractivity contribution in [1.82, 2.24) is 24.6 Å². The molecule has 0 saturated carbocycles. The van der Waals surface area contributed by atoms with Crippen LogP contribution in [0.25, 0.3) is 11.2 Å². The Morgan fingerprint density at radius 3 is 2.02 bits per heavy atom. The lowest BCUT2D eigenvalue weighted by Gasteiger charge is -2.26. The van der Waals surface area contributed by atoms with E-state index in [1.807, 2.05) is 54.6 Å². The minimum absolute atomic E-state index is 0.150. The van der Waals surface area contributed by atoms with Crippen LogP contribution in [0, 0.1) is 5.92 Å². The van der Waals surface area contributed by atoms with Crippen molar-refractivity contribution in [3.8, 4) is 5.75 Å². The van der Waals surface area contributed by atoms with Crippen LogP contribution in [0.1, 0.15) is 27.0 Å². The number of benzene rings is 4. The molecule has 0 amide bonds. The van der Waals surface area contributed by atoms with Crippen LogP contribution >= 0.6 is 14.6 Å². The normalized spacial score (nSPS) is 20.1. The van der Waals surface area contributed by atoms with Gasteiger partial charge in [0, 0.05) is 21.8 Å². The molecule has 2 aromatic heterocycles. The number of hydrogen-bond donors (Lipinski definition) is 1. The van der Waals surface area contributed by atoms with Crippen molar-refractivity contribution in [3.63, 3.8) is 0 Å². The highest BCUT2D eigenvalue weighted by molar-refractivity contribution is 7.87. The molecular formula is C40H41FN6O6P2. The average Bonchev–Trinajstić information content (AvgIpc) is 3.77. The molecule has 1 aliphatic heterocycles. The first-order valence-corrected chi connectivity index (χ1v) is 21.4. The number of nitrogens with one attached hydrogen (secondary N) is 1. The van der Waals surface area contributed by atoms with Crippen LogP contribution in [-0.4, -0.2) is 56.9 Å². The number of halogens is 1. The number of para-hydroxylation sites is 1. The van der Waals surface area contributed by atoms with E-state index in [0.717, 1.165) is 15.9 Å². The van der Waals surface area contributed by atoms with E-state index in [0.29, 0.717) is 22.7 Å². The number of alkyl halides is 1. The standard InChI is InChI=1S/C40H41FN6O6P2/c1-4-50-39(48)29(3)45-54(49,53-30-17-9-5-10-18-30)27-51-40-28(2)34(41)38(52-40)47-26-44-35-36(42-25-43-37(35)47)46-55(31-19-11-6-12-20-31,32-21-13-7-14-22-32)33-23-15-8-16-24-33/h5-26,28-29,34,38,40H,4,27H2,1-3H3,(H,45,49)/t28-,29?,34-,38?,40-,54?/m0/s1. The van der Waals surface area contributed by atoms with Crippen molar-refractivity contribution in [3.05, 3.63) is 134 Å². The molecule has 1 N–H and O–H groups in total. The number of carbonyl (C=O) groups excluding carboxylic acids is 1. The fourth-order valence-electron chi connectivity index (χ4n) is 6.48. The van der Waals surface area contributed by atoms with Gasteiger partial charge in [-0.1, -0.05) is 116 Å². The number of esters is 1. The number of ether oxygens (including phenoxy) is 3. The maximum Gasteiger partial charge on any atom is 0.342 e. The molecule has 1 fully saturated rings. The lowest BCUT2D eigenvalue weighted by Crippen LogP contribution is -2.36. The highest BCUT2D eigenvalue weighted by Crippen LogP contribution is 2.50. The maximum atomic E-state index is 16.2. The van der Waals surface area contributed by atoms with Crippen LogP contribution in [-0.2, 0) is 23.6 Å². The summed E-state index contributed by atoms with van der Waals surface area (Å²) in [7, 11) is -6.63. The zero-order valence-electron chi connectivity index (χ0n) is 30.5. The predicted molar refractivity (Wildman–Crippen MR) is 210 cm³/mol. The summed E-state index contributed by atoms with van der Waals surface area (Å²) in [6, 6.07) is 37.9. The minimum atomic E-state index is -3.92. The van der Waals surface area contributed by atoms with Crippen molar-refractivity contribution in [2.75, 3.05) is 13.0 Å². The van der Waals surface area contributed by atoms with E-state index in [9.17, 15) is 9.36 Å². The molecule has 1 saturated heterocycles. The molecule has 0 radical (unpaired) electrons. The van der Waals surface area contributed by atoms with Gasteiger partial charge in [-0.15, -0.1) is 0 Å². The van der Waals surface area contributed by atoms with Gasteiger partial charge in [0.2, 0.25) is 0 Å². The molecule has 0 spiro atoms. The molecule has 15 heteroatoms. The number of imidazole rings is 1. The molecule has 0 bridgehead atoms. The second-order valence-electron chi connectivity index (χ2n) is 12.9. The molecule has 55 heavy (non-hydrogen) atoms. The summed E-state index contributed by atoms with van der Waals surface area (Å²) in [5.74, 6) is -0.759. The van der Waals surface area contributed by atoms with Gasteiger partial charge < -0.3 is 18.7 Å². The molecule has 6 atom stereocenters. The van der Waals surface area contributed by atoms with Gasteiger partial charge in [0.05, 0.1) is 20.0 Å². The van der Waals surface area contributed by atoms with Crippen LogP contribution in [0.15, 0.2) is 139 Å². The number of hydrogen-bond acceptors (Lipinski definition) is 10. The Labute approximate surface area is 318 Å². The van der Waals surface area contributed by atoms with Crippen LogP contribution < -0.4 is 25.5 Å². The molecule has 3 unspecified atom stereocenters. The van der Waals surface area contributed by atoms with Gasteiger partial charge in [0.1, 0.15) is 18.1 Å². The Morgan fingerprint density at radius 1 is 0.891 bits per heavy atom. The van der Waals surface area contributed by atoms with Crippen LogP contribution in [0.4, 0.5) is 10.2 Å². The Hall–Kier alpha value is -5.03. The van der Waals surface area contributed by atoms with Crippen molar-refractivity contribution < 1.29 is 32.5 Å². The third-order valence-electron chi connectivity index (χ3n) is 9.16. The first kappa shape index (κ1) is 38.3. The number of rotatable bonds is 14.